The Hall–Kier alpha value is -14.7. The predicted octanol–water partition coefficient (Wildman–Crippen LogP) is 14.6. The van der Waals surface area contributed by atoms with Crippen LogP contribution in [0.1, 0.15) is 26.4 Å². The van der Waals surface area contributed by atoms with Gasteiger partial charge in [-0.15, -0.1) is 0 Å². The van der Waals surface area contributed by atoms with Crippen molar-refractivity contribution < 1.29 is 26.8 Å². The Morgan fingerprint density at radius 3 is 1.03 bits per heavy atom. The Bertz CT molecular complexity index is 7340. The lowest BCUT2D eigenvalue weighted by atomic mass is 10.1. The van der Waals surface area contributed by atoms with Gasteiger partial charge in [-0.2, -0.15) is 9.13 Å². The summed E-state index contributed by atoms with van der Waals surface area (Å²) in [5.41, 5.74) is 27.1. The fourth-order valence-electron chi connectivity index (χ4n) is 17.1. The van der Waals surface area contributed by atoms with Crippen LogP contribution in [-0.2, 0) is 40.2 Å². The molecule has 0 N–H and O–H groups in total. The highest BCUT2D eigenvalue weighted by Gasteiger charge is 2.42. The van der Waals surface area contributed by atoms with Gasteiger partial charge in [0.2, 0.25) is 23.0 Å². The van der Waals surface area contributed by atoms with Gasteiger partial charge < -0.3 is 4.42 Å². The van der Waals surface area contributed by atoms with Crippen LogP contribution in [-0.4, -0.2) is 71.8 Å². The summed E-state index contributed by atoms with van der Waals surface area (Å²) in [7, 11) is 2.13. The first kappa shape index (κ1) is 57.8. The van der Waals surface area contributed by atoms with Crippen molar-refractivity contribution in [3.05, 3.63) is 322 Å². The Morgan fingerprint density at radius 1 is 0.296 bits per heavy atom. The molecule has 20 nitrogen and oxygen atoms in total. The summed E-state index contributed by atoms with van der Waals surface area (Å²) in [6.07, 6.45) is 29.9. The van der Waals surface area contributed by atoms with Crippen molar-refractivity contribution in [3.63, 3.8) is 0 Å². The first-order valence-corrected chi connectivity index (χ1v) is 35.8. The molecule has 16 aromatic heterocycles. The third-order valence-corrected chi connectivity index (χ3v) is 21.6. The topological polar surface area (TPSA) is 166 Å². The minimum atomic E-state index is -2.32. The van der Waals surface area contributed by atoms with Crippen LogP contribution in [0.2, 0.25) is 0 Å². The molecule has 0 bridgehead atoms. The lowest BCUT2D eigenvalue weighted by Crippen LogP contribution is -2.33. The number of pyridine rings is 8. The molecule has 0 atom stereocenters. The number of para-hydroxylation sites is 5. The maximum Gasteiger partial charge on any atom is 0.340 e. The molecule has 25 rings (SSSR count). The lowest BCUT2D eigenvalue weighted by molar-refractivity contribution is -0.652. The average molecular weight is 1410 g/mol. The van der Waals surface area contributed by atoms with Gasteiger partial charge in [0.25, 0.3) is 22.8 Å². The van der Waals surface area contributed by atoms with Crippen molar-refractivity contribution in [1.82, 2.24) is 71.8 Å². The van der Waals surface area contributed by atoms with Gasteiger partial charge in [0.15, 0.2) is 16.6 Å². The van der Waals surface area contributed by atoms with Crippen LogP contribution in [0.15, 0.2) is 304 Å². The maximum absolute atomic E-state index is 8.23. The summed E-state index contributed by atoms with van der Waals surface area (Å²) in [6, 6.07) is 68.3. The van der Waals surface area contributed by atoms with E-state index in [1.54, 1.807) is 30.9 Å². The van der Waals surface area contributed by atoms with Gasteiger partial charge in [0.05, 0.1) is 81.6 Å². The normalized spacial score (nSPS) is 13.1. The maximum atomic E-state index is 8.23. The van der Waals surface area contributed by atoms with Gasteiger partial charge in [-0.05, 0) is 103 Å². The van der Waals surface area contributed by atoms with Crippen molar-refractivity contribution in [2.45, 2.75) is 26.2 Å². The number of hydrogen-bond acceptors (Lipinski definition) is 9. The summed E-state index contributed by atoms with van der Waals surface area (Å²) >= 11 is 0. The molecule has 0 fully saturated rings. The summed E-state index contributed by atoms with van der Waals surface area (Å²) in [4.78, 5) is 34.7. The smallest absolute Gasteiger partial charge is 0.340 e. The lowest BCUT2D eigenvalue weighted by Gasteiger charge is -2.04. The number of furan rings is 1. The molecule has 108 heavy (non-hydrogen) atoms. The second-order valence-electron chi connectivity index (χ2n) is 27.3. The minimum absolute atomic E-state index is 0.578. The van der Waals surface area contributed by atoms with Crippen LogP contribution in [0.25, 0.3) is 162 Å². The molecule has 0 unspecified atom stereocenters. The zero-order valence-electron chi connectivity index (χ0n) is 61.0. The van der Waals surface area contributed by atoms with E-state index in [1.165, 1.54) is 82.8 Å². The zero-order chi connectivity index (χ0) is 73.7. The molecular formula is C88H63N19O+4. The van der Waals surface area contributed by atoms with E-state index in [9.17, 15) is 0 Å². The van der Waals surface area contributed by atoms with Gasteiger partial charge in [-0.3, -0.25) is 49.0 Å². The average Bonchev–Trinajstić information content (AvgIpc) is 1.55. The molecule has 0 saturated carbocycles. The SMILES string of the molecule is Cn1c2ccncc2c2c1[n+]1c(n2-c2ccccc2)-c2ccncc2C1.[2H]C([2H])([2H])n1c2ccncc2c2c1[n+]1c(n2-c2ccccc2)-c2ccncc2C1.c1ccc(-n2c3[n+](c4c2c2cnccc2n4-c2ccccc2)Cc2cnccc2-3)cc1.c1ccc(-n2c3[n+](c4oc5ccncc5c42)Cc2cnccc2-3)cc1. The second kappa shape index (κ2) is 24.0. The molecule has 0 amide bonds. The number of aryl methyl sites for hydroxylation is 2. The van der Waals surface area contributed by atoms with Crippen LogP contribution in [0.4, 0.5) is 0 Å². The second-order valence-corrected chi connectivity index (χ2v) is 27.3. The predicted molar refractivity (Wildman–Crippen MR) is 414 cm³/mol. The van der Waals surface area contributed by atoms with Gasteiger partial charge in [-0.1, -0.05) is 91.0 Å². The van der Waals surface area contributed by atoms with E-state index in [1.807, 2.05) is 123 Å². The fraction of sp³-hybridized carbons (Fsp3) is 0.0682. The van der Waals surface area contributed by atoms with Gasteiger partial charge in [-0.25, -0.2) is 32.0 Å². The van der Waals surface area contributed by atoms with Crippen molar-refractivity contribution in [3.8, 4) is 74.0 Å². The summed E-state index contributed by atoms with van der Waals surface area (Å²) in [6.45, 7) is 0.659. The van der Waals surface area contributed by atoms with E-state index in [-0.39, 0.29) is 0 Å². The van der Waals surface area contributed by atoms with Gasteiger partial charge in [0.1, 0.15) is 57.1 Å². The number of imidazole rings is 4. The van der Waals surface area contributed by atoms with E-state index < -0.39 is 6.98 Å². The van der Waals surface area contributed by atoms with E-state index in [0.29, 0.717) is 17.7 Å². The zero-order valence-corrected chi connectivity index (χ0v) is 58.0. The molecule has 21 aromatic rings. The van der Waals surface area contributed by atoms with Crippen LogP contribution < -0.4 is 18.3 Å². The van der Waals surface area contributed by atoms with E-state index in [2.05, 4.69) is 238 Å². The fourth-order valence-corrected chi connectivity index (χ4v) is 17.1. The molecular weight excluding hydrogens is 1340 g/mol. The molecule has 4 aliphatic heterocycles. The monoisotopic (exact) mass is 1400 g/mol. The van der Waals surface area contributed by atoms with Crippen molar-refractivity contribution >= 4 is 88.4 Å². The highest BCUT2D eigenvalue weighted by molar-refractivity contribution is 6.08. The highest BCUT2D eigenvalue weighted by Crippen LogP contribution is 2.43. The van der Waals surface area contributed by atoms with E-state index >= 15 is 0 Å². The number of rotatable bonds is 5. The van der Waals surface area contributed by atoms with Crippen LogP contribution in [0, 0.1) is 0 Å². The van der Waals surface area contributed by atoms with Gasteiger partial charge in [0, 0.05) is 127 Å². The van der Waals surface area contributed by atoms with Crippen LogP contribution >= 0.6 is 0 Å². The Labute approximate surface area is 619 Å². The highest BCUT2D eigenvalue weighted by atomic mass is 16.3. The molecule has 4 aliphatic rings. The molecule has 20 heteroatoms. The van der Waals surface area contributed by atoms with E-state index in [0.717, 1.165) is 115 Å². The number of aromatic nitrogens is 19. The first-order valence-electron chi connectivity index (χ1n) is 37.3. The molecule has 0 spiro atoms. The molecule has 0 radical (unpaired) electrons. The van der Waals surface area contributed by atoms with Crippen molar-refractivity contribution in [2.24, 2.45) is 14.0 Å². The molecule has 512 valence electrons. The third kappa shape index (κ3) is 8.90. The Kier molecular flexibility index (Phi) is 12.8. The minimum Gasteiger partial charge on any atom is -0.419 e. The quantitative estimate of drug-likeness (QED) is 0.152. The molecule has 0 aliphatic carbocycles. The number of fused-ring (bicyclic) bond motifs is 28. The van der Waals surface area contributed by atoms with Crippen LogP contribution in [0.3, 0.4) is 0 Å². The molecule has 5 aromatic carbocycles. The third-order valence-electron chi connectivity index (χ3n) is 21.6. The number of nitrogens with zero attached hydrogens (tertiary/aromatic N) is 19. The summed E-state index contributed by atoms with van der Waals surface area (Å²) in [5.74, 6) is 4.48. The standard InChI is InChI=1S/C26H18N5.2C21H16N5.C20H13N4O/c1-3-7-19(8-4-1)30-23-12-14-28-16-22(23)24-26(30)29-17-18-15-27-13-11-21(18)25(29)31(24)20-9-5-2-6-10-20;2*1-24-18-8-10-23-12-17(18)19-21(24)25-13-14-11-22-9-7-16(14)20(25)26(19)15-5-3-2-4-6-15;1-2-4-14(5-3-1)24-18-16-11-22-9-7-17(16)25-20(18)23-12-13-10-21-8-6-15(13)19(23)24/h1-16H,17H2;2*2-12H,13H2,1H3;1-11H,12H2/q4*+1/i;1D3;;. The Morgan fingerprint density at radius 2 is 0.602 bits per heavy atom. The number of hydrogen-bond donors (Lipinski definition) is 0. The van der Waals surface area contributed by atoms with Crippen molar-refractivity contribution in [2.75, 3.05) is 0 Å². The van der Waals surface area contributed by atoms with E-state index in [4.69, 9.17) is 8.53 Å². The van der Waals surface area contributed by atoms with Crippen molar-refractivity contribution in [1.29, 1.82) is 0 Å². The van der Waals surface area contributed by atoms with Gasteiger partial charge >= 0.3 is 5.71 Å². The van der Waals surface area contributed by atoms with Crippen LogP contribution in [0.5, 0.6) is 0 Å². The summed E-state index contributed by atoms with van der Waals surface area (Å²) in [5, 5.41) is 4.16. The summed E-state index contributed by atoms with van der Waals surface area (Å²) < 4.78 is 55.3. The molecule has 0 saturated heterocycles. The number of benzene rings is 5. The first-order chi connectivity index (χ1) is 54.7. The Balaban J connectivity index is 0.0000000913. The largest absolute Gasteiger partial charge is 0.419 e. The molecule has 20 heterocycles.